The lowest BCUT2D eigenvalue weighted by Crippen LogP contribution is -2.43. The number of benzene rings is 1. The van der Waals surface area contributed by atoms with Crippen molar-refractivity contribution in [2.24, 2.45) is 0 Å². The number of hydrogen-bond acceptors (Lipinski definition) is 5. The van der Waals surface area contributed by atoms with Crippen LogP contribution in [0.3, 0.4) is 0 Å². The number of hydrogen-bond donors (Lipinski definition) is 2. The third-order valence-corrected chi connectivity index (χ3v) is 8.60. The van der Waals surface area contributed by atoms with Crippen molar-refractivity contribution in [3.63, 3.8) is 0 Å². The third-order valence-electron chi connectivity index (χ3n) is 8.60. The van der Waals surface area contributed by atoms with Gasteiger partial charge < -0.3 is 15.0 Å². The number of aromatic carboxylic acids is 1. The van der Waals surface area contributed by atoms with Crippen molar-refractivity contribution in [3.8, 4) is 5.75 Å². The second-order valence-electron chi connectivity index (χ2n) is 13.0. The molecule has 1 atom stereocenters. The van der Waals surface area contributed by atoms with Crippen LogP contribution >= 0.6 is 0 Å². The van der Waals surface area contributed by atoms with Crippen molar-refractivity contribution >= 4 is 11.8 Å². The van der Waals surface area contributed by atoms with Crippen LogP contribution in [-0.2, 0) is 0 Å². The van der Waals surface area contributed by atoms with Crippen molar-refractivity contribution in [2.75, 3.05) is 14.1 Å². The van der Waals surface area contributed by atoms with Crippen molar-refractivity contribution in [2.45, 2.75) is 174 Å². The molecule has 0 spiro atoms. The van der Waals surface area contributed by atoms with E-state index < -0.39 is 5.97 Å². The molecule has 0 amide bonds. The van der Waals surface area contributed by atoms with Crippen molar-refractivity contribution in [1.82, 2.24) is 0 Å². The molecule has 0 bridgehead atoms. The van der Waals surface area contributed by atoms with Gasteiger partial charge in [-0.15, -0.1) is 0 Å². The molecule has 0 radical (unpaired) electrons. The minimum Gasteiger partial charge on any atom is -0.545 e. The first-order valence-electron chi connectivity index (χ1n) is 17.7. The van der Waals surface area contributed by atoms with Gasteiger partial charge in [-0.3, -0.25) is 4.79 Å². The minimum absolute atomic E-state index is 0.0916. The first kappa shape index (κ1) is 41.1. The summed E-state index contributed by atoms with van der Waals surface area (Å²) in [4.78, 5) is 22.8. The molecule has 0 heterocycles. The van der Waals surface area contributed by atoms with Crippen LogP contribution in [0.2, 0.25) is 0 Å². The highest BCUT2D eigenvalue weighted by molar-refractivity contribution is 5.99. The number of quaternary nitrogens is 1. The Morgan fingerprint density at radius 3 is 1.49 bits per heavy atom. The number of aromatic hydroxyl groups is 1. The first-order valence-corrected chi connectivity index (χ1v) is 17.7. The number of carbonyl (C=O) groups excluding carboxylic acids is 2. The van der Waals surface area contributed by atoms with Gasteiger partial charge in [0.05, 0.1) is 20.1 Å². The van der Waals surface area contributed by atoms with Crippen molar-refractivity contribution in [3.05, 3.63) is 29.3 Å². The Bertz CT molecular complexity index is 833. The van der Waals surface area contributed by atoms with Gasteiger partial charge in [0, 0.05) is 24.0 Å². The topological polar surface area (TPSA) is 97.7 Å². The number of phenols is 1. The molecule has 1 rings (SSSR count). The Morgan fingerprint density at radius 2 is 1.09 bits per heavy atom. The molecule has 6 heteroatoms. The van der Waals surface area contributed by atoms with Gasteiger partial charge in [0.15, 0.2) is 5.78 Å². The number of Topliss-reactive ketones (excluding diaryl/α,β-unsaturated/α-hetero) is 1. The van der Waals surface area contributed by atoms with E-state index in [-0.39, 0.29) is 21.7 Å². The number of unbranched alkanes of at least 4 members (excludes halogenated alkanes) is 19. The van der Waals surface area contributed by atoms with Gasteiger partial charge in [-0.05, 0) is 38.0 Å². The van der Waals surface area contributed by atoms with Crippen LogP contribution in [0, 0.1) is 0 Å². The number of hydroxylamine groups is 3. The summed E-state index contributed by atoms with van der Waals surface area (Å²) in [6.07, 6.45) is 29.2. The summed E-state index contributed by atoms with van der Waals surface area (Å²) in [5.74, 6) is -1.94. The molecule has 0 aliphatic heterocycles. The molecule has 2 N–H and O–H groups in total. The molecular formula is C37H67NO5. The van der Waals surface area contributed by atoms with Gasteiger partial charge in [0.1, 0.15) is 11.8 Å². The highest BCUT2D eigenvalue weighted by Gasteiger charge is 2.20. The normalized spacial score (nSPS) is 12.0. The zero-order valence-corrected chi connectivity index (χ0v) is 28.6. The van der Waals surface area contributed by atoms with Crippen LogP contribution in [0.4, 0.5) is 0 Å². The zero-order valence-electron chi connectivity index (χ0n) is 28.6. The van der Waals surface area contributed by atoms with E-state index in [0.717, 1.165) is 25.7 Å². The summed E-state index contributed by atoms with van der Waals surface area (Å²) < 4.78 is 0.110. The molecule has 1 aromatic rings. The maximum Gasteiger partial charge on any atom is 0.162 e. The van der Waals surface area contributed by atoms with Crippen LogP contribution in [-0.4, -0.2) is 46.8 Å². The van der Waals surface area contributed by atoms with Crippen LogP contribution in [0.5, 0.6) is 5.75 Å². The van der Waals surface area contributed by atoms with E-state index in [1.165, 1.54) is 134 Å². The molecule has 43 heavy (non-hydrogen) atoms. The quantitative estimate of drug-likeness (QED) is 0.0474. The lowest BCUT2D eigenvalue weighted by molar-refractivity contribution is -1.09. The van der Waals surface area contributed by atoms with Crippen molar-refractivity contribution < 1.29 is 29.7 Å². The van der Waals surface area contributed by atoms with E-state index in [0.29, 0.717) is 18.0 Å². The Kier molecular flexibility index (Phi) is 25.3. The van der Waals surface area contributed by atoms with E-state index in [2.05, 4.69) is 20.8 Å². The molecule has 0 aliphatic rings. The number of carbonyl (C=O) groups is 2. The highest BCUT2D eigenvalue weighted by Crippen LogP contribution is 2.20. The van der Waals surface area contributed by atoms with Gasteiger partial charge in [0.25, 0.3) is 0 Å². The van der Waals surface area contributed by atoms with E-state index in [9.17, 15) is 25.0 Å². The molecule has 0 saturated carbocycles. The summed E-state index contributed by atoms with van der Waals surface area (Å²) in [6, 6.07) is 4.22. The maximum absolute atomic E-state index is 12.0. The molecule has 6 nitrogen and oxygen atoms in total. The predicted molar refractivity (Wildman–Crippen MR) is 178 cm³/mol. The van der Waals surface area contributed by atoms with Gasteiger partial charge >= 0.3 is 0 Å². The largest absolute Gasteiger partial charge is 0.545 e. The van der Waals surface area contributed by atoms with Crippen molar-refractivity contribution in [1.29, 1.82) is 0 Å². The van der Waals surface area contributed by atoms with E-state index in [1.54, 1.807) is 0 Å². The fourth-order valence-electron chi connectivity index (χ4n) is 5.21. The molecule has 0 aliphatic carbocycles. The monoisotopic (exact) mass is 606 g/mol. The average molecular weight is 606 g/mol. The lowest BCUT2D eigenvalue weighted by atomic mass is 10.0. The van der Waals surface area contributed by atoms with E-state index >= 15 is 0 Å². The SMILES string of the molecule is CCCCCCCCCC(=O)c1ccc(O)c(C(=O)[O-])c1.CCCCCCCCCCCCCCCCC(C)[N+](C)(C)O. The fourth-order valence-corrected chi connectivity index (χ4v) is 5.21. The smallest absolute Gasteiger partial charge is 0.162 e. The molecule has 1 aromatic carbocycles. The molecule has 1 unspecified atom stereocenters. The Hall–Kier alpha value is -1.92. The number of nitrogens with zero attached hydrogens (tertiary/aromatic N) is 1. The molecular weight excluding hydrogens is 538 g/mol. The number of carboxylic acid groups (broad SMARTS) is 1. The first-order chi connectivity index (χ1) is 20.5. The van der Waals surface area contributed by atoms with Crippen LogP contribution < -0.4 is 5.11 Å². The Morgan fingerprint density at radius 1 is 0.698 bits per heavy atom. The molecule has 250 valence electrons. The highest BCUT2D eigenvalue weighted by atomic mass is 16.5. The van der Waals surface area contributed by atoms with E-state index in [1.807, 2.05) is 14.1 Å². The van der Waals surface area contributed by atoms with E-state index in [4.69, 9.17) is 0 Å². The van der Waals surface area contributed by atoms with Gasteiger partial charge in [0.2, 0.25) is 0 Å². The average Bonchev–Trinajstić information content (AvgIpc) is 2.96. The van der Waals surface area contributed by atoms with Gasteiger partial charge in [-0.1, -0.05) is 136 Å². The van der Waals surface area contributed by atoms with Crippen LogP contribution in [0.25, 0.3) is 0 Å². The summed E-state index contributed by atoms with van der Waals surface area (Å²) >= 11 is 0. The number of rotatable bonds is 26. The second kappa shape index (κ2) is 26.5. The van der Waals surface area contributed by atoms with Gasteiger partial charge in [-0.2, -0.15) is 4.65 Å². The Labute approximate surface area is 264 Å². The molecule has 0 saturated heterocycles. The summed E-state index contributed by atoms with van der Waals surface area (Å²) in [7, 11) is 3.74. The number of ketones is 1. The summed E-state index contributed by atoms with van der Waals surface area (Å²) in [5, 5.41) is 30.0. The zero-order chi connectivity index (χ0) is 32.3. The fraction of sp³-hybridized carbons (Fsp3) is 0.784. The maximum atomic E-state index is 12.0. The summed E-state index contributed by atoms with van der Waals surface area (Å²) in [6.45, 7) is 6.60. The summed E-state index contributed by atoms with van der Waals surface area (Å²) in [5.41, 5.74) is -0.0154. The third kappa shape index (κ3) is 23.2. The lowest BCUT2D eigenvalue weighted by Gasteiger charge is -2.27. The Balaban J connectivity index is 0.000000821. The predicted octanol–water partition coefficient (Wildman–Crippen LogP) is 9.79. The number of carboxylic acids is 1. The molecule has 0 aromatic heterocycles. The van der Waals surface area contributed by atoms with Gasteiger partial charge in [-0.25, -0.2) is 5.21 Å². The minimum atomic E-state index is -1.47. The second-order valence-corrected chi connectivity index (χ2v) is 13.0. The van der Waals surface area contributed by atoms with Crippen LogP contribution in [0.15, 0.2) is 18.2 Å². The molecule has 0 fully saturated rings. The van der Waals surface area contributed by atoms with Crippen LogP contribution in [0.1, 0.15) is 189 Å². The standard InChI is InChI=1S/C20H44NO.C17H24O4/c1-5-6-7-8-9-10-11-12-13-14-15-16-17-18-19-20(2)21(3,4)22;1-2-3-4-5-6-7-8-9-15(18)13-10-11-16(19)14(12-13)17(20)21/h20,22H,5-19H2,1-4H3;10-12,19H,2-9H2,1H3,(H,20,21)/q+1;/p-1.